The number of ether oxygens (including phenoxy) is 1. The third-order valence-electron chi connectivity index (χ3n) is 2.53. The van der Waals surface area contributed by atoms with Crippen LogP contribution in [0.2, 0.25) is 0 Å². The molecule has 0 saturated heterocycles. The molecule has 6 heteroatoms. The molecule has 1 heterocycles. The number of aliphatic hydroxyl groups is 1. The minimum absolute atomic E-state index is 0.0602. The molecule has 0 aliphatic carbocycles. The molecule has 0 fully saturated rings. The van der Waals surface area contributed by atoms with Crippen LogP contribution < -0.4 is 10.6 Å². The molecule has 0 radical (unpaired) electrons. The summed E-state index contributed by atoms with van der Waals surface area (Å²) >= 11 is 0. The highest BCUT2D eigenvalue weighted by atomic mass is 16.5. The predicted molar refractivity (Wildman–Crippen MR) is 71.7 cm³/mol. The van der Waals surface area contributed by atoms with Crippen molar-refractivity contribution in [3.63, 3.8) is 0 Å². The fourth-order valence-corrected chi connectivity index (χ4v) is 1.55. The lowest BCUT2D eigenvalue weighted by Crippen LogP contribution is -2.31. The van der Waals surface area contributed by atoms with E-state index in [2.05, 4.69) is 9.97 Å². The minimum atomic E-state index is 0.0602. The van der Waals surface area contributed by atoms with E-state index < -0.39 is 0 Å². The Hall–Kier alpha value is -1.40. The quantitative estimate of drug-likeness (QED) is 0.742. The number of nitrogens with two attached hydrogens (primary N) is 1. The second-order valence-corrected chi connectivity index (χ2v) is 4.37. The van der Waals surface area contributed by atoms with Crippen molar-refractivity contribution in [1.29, 1.82) is 0 Å². The maximum Gasteiger partial charge on any atom is 0.135 e. The summed E-state index contributed by atoms with van der Waals surface area (Å²) in [5.41, 5.74) is 5.79. The summed E-state index contributed by atoms with van der Waals surface area (Å²) < 4.78 is 5.05. The summed E-state index contributed by atoms with van der Waals surface area (Å²) in [5, 5.41) is 9.09. The van der Waals surface area contributed by atoms with Crippen LogP contribution in [0, 0.1) is 0 Å². The second-order valence-electron chi connectivity index (χ2n) is 4.37. The van der Waals surface area contributed by atoms with E-state index >= 15 is 0 Å². The summed E-state index contributed by atoms with van der Waals surface area (Å²) in [4.78, 5) is 10.6. The van der Waals surface area contributed by atoms with Gasteiger partial charge in [-0.15, -0.1) is 0 Å². The summed E-state index contributed by atoms with van der Waals surface area (Å²) in [6, 6.07) is 1.72. The summed E-state index contributed by atoms with van der Waals surface area (Å²) in [6.45, 7) is 5.82. The third kappa shape index (κ3) is 4.12. The van der Waals surface area contributed by atoms with E-state index in [4.69, 9.17) is 15.6 Å². The highest BCUT2D eigenvalue weighted by Crippen LogP contribution is 2.18. The molecule has 0 aromatic carbocycles. The maximum absolute atomic E-state index is 9.09. The van der Waals surface area contributed by atoms with Crippen LogP contribution in [0.4, 0.5) is 11.6 Å². The third-order valence-corrected chi connectivity index (χ3v) is 2.53. The molecule has 1 rings (SSSR count). The molecular weight excluding hydrogens is 232 g/mol. The van der Waals surface area contributed by atoms with E-state index in [9.17, 15) is 0 Å². The van der Waals surface area contributed by atoms with Gasteiger partial charge in [0.2, 0.25) is 0 Å². The molecule has 0 bridgehead atoms. The van der Waals surface area contributed by atoms with Gasteiger partial charge in [0.15, 0.2) is 0 Å². The van der Waals surface area contributed by atoms with Crippen molar-refractivity contribution in [2.75, 3.05) is 44.0 Å². The Bertz CT molecular complexity index is 371. The molecule has 6 nitrogen and oxygen atoms in total. The lowest BCUT2D eigenvalue weighted by Gasteiger charge is -2.23. The number of aliphatic hydroxyl groups excluding tert-OH is 1. The molecule has 0 amide bonds. The van der Waals surface area contributed by atoms with Gasteiger partial charge in [-0.05, 0) is 0 Å². The average molecular weight is 254 g/mol. The average Bonchev–Trinajstić information content (AvgIpc) is 2.33. The van der Waals surface area contributed by atoms with Crippen LogP contribution in [-0.2, 0) is 4.74 Å². The lowest BCUT2D eigenvalue weighted by atomic mass is 10.2. The Morgan fingerprint density at radius 3 is 2.67 bits per heavy atom. The van der Waals surface area contributed by atoms with E-state index in [-0.39, 0.29) is 12.5 Å². The highest BCUT2D eigenvalue weighted by Gasteiger charge is 2.12. The summed E-state index contributed by atoms with van der Waals surface area (Å²) in [7, 11) is 1.64. The van der Waals surface area contributed by atoms with Crippen LogP contribution in [0.15, 0.2) is 6.07 Å². The summed E-state index contributed by atoms with van der Waals surface area (Å²) in [5.74, 6) is 2.11. The molecule has 0 atom stereocenters. The van der Waals surface area contributed by atoms with Crippen LogP contribution in [0.3, 0.4) is 0 Å². The van der Waals surface area contributed by atoms with E-state index in [1.165, 1.54) is 0 Å². The van der Waals surface area contributed by atoms with Crippen molar-refractivity contribution in [1.82, 2.24) is 9.97 Å². The van der Waals surface area contributed by atoms with Gasteiger partial charge in [-0.3, -0.25) is 0 Å². The van der Waals surface area contributed by atoms with Gasteiger partial charge in [-0.1, -0.05) is 13.8 Å². The van der Waals surface area contributed by atoms with E-state index in [0.29, 0.717) is 31.3 Å². The number of aromatic nitrogens is 2. The molecule has 18 heavy (non-hydrogen) atoms. The zero-order valence-corrected chi connectivity index (χ0v) is 11.3. The Labute approximate surface area is 108 Å². The van der Waals surface area contributed by atoms with Gasteiger partial charge in [-0.2, -0.15) is 0 Å². The first-order valence-electron chi connectivity index (χ1n) is 6.07. The van der Waals surface area contributed by atoms with E-state index in [1.807, 2.05) is 18.7 Å². The number of nitrogens with zero attached hydrogens (tertiary/aromatic N) is 3. The number of hydrogen-bond acceptors (Lipinski definition) is 6. The zero-order valence-electron chi connectivity index (χ0n) is 11.3. The standard InChI is InChI=1S/C12H22N4O2/c1-9(2)12-14-10(13)8-11(15-12)16(4-6-17)5-7-18-3/h8-9,17H,4-7H2,1-3H3,(H2,13,14,15). The van der Waals surface area contributed by atoms with Crippen LogP contribution in [0.5, 0.6) is 0 Å². The predicted octanol–water partition coefficient (Wildman–Crippen LogP) is 0.627. The molecule has 0 aliphatic rings. The Morgan fingerprint density at radius 2 is 2.11 bits per heavy atom. The molecule has 0 saturated carbocycles. The fourth-order valence-electron chi connectivity index (χ4n) is 1.55. The molecule has 0 unspecified atom stereocenters. The van der Waals surface area contributed by atoms with Crippen molar-refractivity contribution in [2.24, 2.45) is 0 Å². The van der Waals surface area contributed by atoms with Crippen LogP contribution in [0.25, 0.3) is 0 Å². The van der Waals surface area contributed by atoms with Crippen molar-refractivity contribution in [3.05, 3.63) is 11.9 Å². The number of rotatable bonds is 7. The van der Waals surface area contributed by atoms with Crippen LogP contribution >= 0.6 is 0 Å². The SMILES string of the molecule is COCCN(CCO)c1cc(N)nc(C(C)C)n1. The van der Waals surface area contributed by atoms with Gasteiger partial charge in [0, 0.05) is 32.2 Å². The topological polar surface area (TPSA) is 84.5 Å². The number of anilines is 2. The van der Waals surface area contributed by atoms with Crippen molar-refractivity contribution in [3.8, 4) is 0 Å². The summed E-state index contributed by atoms with van der Waals surface area (Å²) in [6.07, 6.45) is 0. The Balaban J connectivity index is 2.95. The van der Waals surface area contributed by atoms with Gasteiger partial charge in [0.05, 0.1) is 13.2 Å². The van der Waals surface area contributed by atoms with Gasteiger partial charge in [0.25, 0.3) is 0 Å². The monoisotopic (exact) mass is 254 g/mol. The fraction of sp³-hybridized carbons (Fsp3) is 0.667. The molecule has 0 spiro atoms. The molecule has 102 valence electrons. The van der Waals surface area contributed by atoms with E-state index in [1.54, 1.807) is 13.2 Å². The van der Waals surface area contributed by atoms with Gasteiger partial charge in [-0.25, -0.2) is 9.97 Å². The van der Waals surface area contributed by atoms with Crippen LogP contribution in [0.1, 0.15) is 25.6 Å². The largest absolute Gasteiger partial charge is 0.395 e. The molecule has 1 aromatic rings. The van der Waals surface area contributed by atoms with Crippen LogP contribution in [-0.4, -0.2) is 48.5 Å². The van der Waals surface area contributed by atoms with Gasteiger partial charge < -0.3 is 20.5 Å². The Morgan fingerprint density at radius 1 is 1.39 bits per heavy atom. The number of hydrogen-bond donors (Lipinski definition) is 2. The van der Waals surface area contributed by atoms with Crippen molar-refractivity contribution < 1.29 is 9.84 Å². The lowest BCUT2D eigenvalue weighted by molar-refractivity contribution is 0.202. The minimum Gasteiger partial charge on any atom is -0.395 e. The van der Waals surface area contributed by atoms with Gasteiger partial charge in [0.1, 0.15) is 17.5 Å². The first kappa shape index (κ1) is 14.7. The molecule has 1 aromatic heterocycles. The van der Waals surface area contributed by atoms with Crippen molar-refractivity contribution in [2.45, 2.75) is 19.8 Å². The molecule has 3 N–H and O–H groups in total. The number of nitrogen functional groups attached to an aromatic ring is 1. The van der Waals surface area contributed by atoms with Gasteiger partial charge >= 0.3 is 0 Å². The first-order valence-corrected chi connectivity index (χ1v) is 6.07. The number of methoxy groups -OCH3 is 1. The van der Waals surface area contributed by atoms with E-state index in [0.717, 1.165) is 5.82 Å². The maximum atomic E-state index is 9.09. The smallest absolute Gasteiger partial charge is 0.135 e. The molecular formula is C12H22N4O2. The highest BCUT2D eigenvalue weighted by molar-refractivity contribution is 5.47. The zero-order chi connectivity index (χ0) is 13.5. The van der Waals surface area contributed by atoms with Crippen molar-refractivity contribution >= 4 is 11.6 Å². The normalized spacial score (nSPS) is 10.9. The Kier molecular flexibility index (Phi) is 5.80. The molecule has 0 aliphatic heterocycles. The first-order chi connectivity index (χ1) is 8.58. The second kappa shape index (κ2) is 7.13.